The first-order valence-electron chi connectivity index (χ1n) is 5.32. The maximum atomic E-state index is 13.8. The summed E-state index contributed by atoms with van der Waals surface area (Å²) in [5.41, 5.74) is -0.724. The van der Waals surface area contributed by atoms with Crippen LogP contribution in [0, 0.1) is 5.82 Å². The second-order valence-electron chi connectivity index (χ2n) is 3.37. The lowest BCUT2D eigenvalue weighted by molar-refractivity contribution is -0.137. The van der Waals surface area contributed by atoms with E-state index in [4.69, 9.17) is 9.47 Å². The molecule has 1 aromatic carbocycles. The molecule has 0 spiro atoms. The van der Waals surface area contributed by atoms with Gasteiger partial charge in [-0.2, -0.15) is 0 Å². The highest BCUT2D eigenvalue weighted by molar-refractivity contribution is 6.41. The van der Waals surface area contributed by atoms with Crippen LogP contribution in [0.3, 0.4) is 0 Å². The molecule has 0 atom stereocenters. The normalized spacial score (nSPS) is 9.89. The summed E-state index contributed by atoms with van der Waals surface area (Å²) in [6.45, 7) is 1.46. The van der Waals surface area contributed by atoms with Crippen LogP contribution in [0.15, 0.2) is 6.07 Å². The zero-order chi connectivity index (χ0) is 14.6. The minimum absolute atomic E-state index is 0.0372. The summed E-state index contributed by atoms with van der Waals surface area (Å²) in [7, 11) is 2.42. The zero-order valence-corrected chi connectivity index (χ0v) is 10.7. The number of halogens is 1. The quantitative estimate of drug-likeness (QED) is 0.494. The molecule has 6 nitrogen and oxygen atoms in total. The molecule has 7 heteroatoms. The maximum Gasteiger partial charge on any atom is 0.379 e. The second kappa shape index (κ2) is 6.03. The molecule has 104 valence electrons. The second-order valence-corrected chi connectivity index (χ2v) is 3.37. The first-order valence-corrected chi connectivity index (χ1v) is 5.32. The molecule has 0 saturated carbocycles. The van der Waals surface area contributed by atoms with E-state index in [1.165, 1.54) is 21.1 Å². The number of hydrogen-bond acceptors (Lipinski definition) is 6. The van der Waals surface area contributed by atoms with Crippen molar-refractivity contribution in [3.05, 3.63) is 17.4 Å². The van der Waals surface area contributed by atoms with Crippen LogP contribution in [0.2, 0.25) is 0 Å². The van der Waals surface area contributed by atoms with Gasteiger partial charge < -0.3 is 19.3 Å². The SMILES string of the molecule is CCOC(=O)C(=O)c1c(F)c(O)cc(OC)c1OC. The van der Waals surface area contributed by atoms with Crippen molar-refractivity contribution in [2.45, 2.75) is 6.92 Å². The van der Waals surface area contributed by atoms with Crippen molar-refractivity contribution in [2.24, 2.45) is 0 Å². The molecule has 1 N–H and O–H groups in total. The van der Waals surface area contributed by atoms with Crippen molar-refractivity contribution in [3.8, 4) is 17.2 Å². The Morgan fingerprint density at radius 3 is 2.42 bits per heavy atom. The number of benzene rings is 1. The largest absolute Gasteiger partial charge is 0.505 e. The average molecular weight is 272 g/mol. The first kappa shape index (κ1) is 14.7. The maximum absolute atomic E-state index is 13.8. The topological polar surface area (TPSA) is 82.1 Å². The number of ketones is 1. The Hall–Kier alpha value is -2.31. The molecule has 0 unspecified atom stereocenters. The molecule has 0 radical (unpaired) electrons. The van der Waals surface area contributed by atoms with E-state index in [1.54, 1.807) is 0 Å². The highest BCUT2D eigenvalue weighted by atomic mass is 19.1. The molecule has 0 aromatic heterocycles. The zero-order valence-electron chi connectivity index (χ0n) is 10.7. The van der Waals surface area contributed by atoms with Crippen LogP contribution >= 0.6 is 0 Å². The van der Waals surface area contributed by atoms with Crippen molar-refractivity contribution >= 4 is 11.8 Å². The van der Waals surface area contributed by atoms with Gasteiger partial charge in [-0.1, -0.05) is 0 Å². The van der Waals surface area contributed by atoms with Gasteiger partial charge in [0, 0.05) is 6.07 Å². The molecular formula is C12H13FO6. The van der Waals surface area contributed by atoms with E-state index in [-0.39, 0.29) is 18.1 Å². The van der Waals surface area contributed by atoms with Crippen LogP contribution in [0.5, 0.6) is 17.2 Å². The minimum atomic E-state index is -1.27. The number of ether oxygens (including phenoxy) is 3. The summed E-state index contributed by atoms with van der Waals surface area (Å²) in [5.74, 6) is -4.95. The summed E-state index contributed by atoms with van der Waals surface area (Å²) in [6, 6.07) is 0.941. The van der Waals surface area contributed by atoms with E-state index in [9.17, 15) is 19.1 Å². The van der Waals surface area contributed by atoms with E-state index in [1.807, 2.05) is 0 Å². The van der Waals surface area contributed by atoms with Gasteiger partial charge in [0.25, 0.3) is 5.78 Å². The van der Waals surface area contributed by atoms with Crippen LogP contribution in [0.1, 0.15) is 17.3 Å². The first-order chi connectivity index (χ1) is 8.97. The molecule has 0 aliphatic carbocycles. The van der Waals surface area contributed by atoms with Gasteiger partial charge in [-0.25, -0.2) is 9.18 Å². The number of carbonyl (C=O) groups is 2. The van der Waals surface area contributed by atoms with E-state index >= 15 is 0 Å². The molecule has 0 heterocycles. The Kier molecular flexibility index (Phi) is 4.68. The Labute approximate surface area is 108 Å². The number of Topliss-reactive ketones (excluding diaryl/α,β-unsaturated/α-hetero) is 1. The van der Waals surface area contributed by atoms with Crippen molar-refractivity contribution < 1.29 is 33.3 Å². The number of esters is 1. The lowest BCUT2D eigenvalue weighted by atomic mass is 10.1. The fourth-order valence-electron chi connectivity index (χ4n) is 1.46. The van der Waals surface area contributed by atoms with Gasteiger partial charge in [-0.3, -0.25) is 4.79 Å². The molecule has 0 aliphatic heterocycles. The van der Waals surface area contributed by atoms with Crippen LogP contribution in [0.4, 0.5) is 4.39 Å². The Bertz CT molecular complexity index is 511. The molecule has 0 aliphatic rings. The lowest BCUT2D eigenvalue weighted by Gasteiger charge is -2.13. The number of aromatic hydroxyl groups is 1. The van der Waals surface area contributed by atoms with Crippen LogP contribution in [-0.4, -0.2) is 37.7 Å². The van der Waals surface area contributed by atoms with Crippen molar-refractivity contribution in [3.63, 3.8) is 0 Å². The average Bonchev–Trinajstić information content (AvgIpc) is 2.40. The number of methoxy groups -OCH3 is 2. The van der Waals surface area contributed by atoms with Gasteiger partial charge in [0.05, 0.1) is 20.8 Å². The number of carbonyl (C=O) groups excluding carboxylic acids is 2. The van der Waals surface area contributed by atoms with Crippen LogP contribution in [0.25, 0.3) is 0 Å². The fourth-order valence-corrected chi connectivity index (χ4v) is 1.46. The lowest BCUT2D eigenvalue weighted by Crippen LogP contribution is -2.20. The van der Waals surface area contributed by atoms with Gasteiger partial charge in [-0.05, 0) is 6.92 Å². The Morgan fingerprint density at radius 1 is 1.32 bits per heavy atom. The molecule has 0 saturated heterocycles. The van der Waals surface area contributed by atoms with Gasteiger partial charge >= 0.3 is 5.97 Å². The smallest absolute Gasteiger partial charge is 0.379 e. The summed E-state index contributed by atoms with van der Waals surface area (Å²) in [5, 5.41) is 9.38. The summed E-state index contributed by atoms with van der Waals surface area (Å²) >= 11 is 0. The molecule has 19 heavy (non-hydrogen) atoms. The predicted octanol–water partition coefficient (Wildman–Crippen LogP) is 1.29. The number of phenols is 1. The third kappa shape index (κ3) is 2.75. The molecule has 1 aromatic rings. The van der Waals surface area contributed by atoms with E-state index < -0.39 is 28.9 Å². The van der Waals surface area contributed by atoms with Crippen molar-refractivity contribution in [1.29, 1.82) is 0 Å². The molecule has 0 bridgehead atoms. The highest BCUT2D eigenvalue weighted by Gasteiger charge is 2.30. The molecule has 0 fully saturated rings. The molecule has 1 rings (SSSR count). The minimum Gasteiger partial charge on any atom is -0.505 e. The van der Waals surface area contributed by atoms with Crippen molar-refractivity contribution in [2.75, 3.05) is 20.8 Å². The van der Waals surface area contributed by atoms with Crippen LogP contribution in [-0.2, 0) is 9.53 Å². The van der Waals surface area contributed by atoms with Gasteiger partial charge in [0.1, 0.15) is 5.56 Å². The van der Waals surface area contributed by atoms with Gasteiger partial charge in [-0.15, -0.1) is 0 Å². The highest BCUT2D eigenvalue weighted by Crippen LogP contribution is 2.38. The van der Waals surface area contributed by atoms with Crippen LogP contribution < -0.4 is 9.47 Å². The van der Waals surface area contributed by atoms with E-state index in [0.717, 1.165) is 6.07 Å². The number of rotatable bonds is 5. The summed E-state index contributed by atoms with van der Waals surface area (Å²) < 4.78 is 28.0. The number of phenolic OH excluding ortho intramolecular Hbond substituents is 1. The summed E-state index contributed by atoms with van der Waals surface area (Å²) in [6.07, 6.45) is 0. The molecule has 0 amide bonds. The predicted molar refractivity (Wildman–Crippen MR) is 62.1 cm³/mol. The number of hydrogen-bond donors (Lipinski definition) is 1. The third-order valence-electron chi connectivity index (χ3n) is 2.27. The Balaban J connectivity index is 3.43. The van der Waals surface area contributed by atoms with Gasteiger partial charge in [0.2, 0.25) is 0 Å². The third-order valence-corrected chi connectivity index (χ3v) is 2.27. The van der Waals surface area contributed by atoms with E-state index in [2.05, 4.69) is 4.74 Å². The van der Waals surface area contributed by atoms with Crippen molar-refractivity contribution in [1.82, 2.24) is 0 Å². The van der Waals surface area contributed by atoms with Gasteiger partial charge in [0.15, 0.2) is 23.1 Å². The standard InChI is InChI=1S/C12H13FO6/c1-4-19-12(16)10(15)8-9(13)6(14)5-7(17-2)11(8)18-3/h5,14H,4H2,1-3H3. The Morgan fingerprint density at radius 2 is 1.95 bits per heavy atom. The molecular weight excluding hydrogens is 259 g/mol. The fraction of sp³-hybridized carbons (Fsp3) is 0.333. The van der Waals surface area contributed by atoms with E-state index in [0.29, 0.717) is 0 Å². The summed E-state index contributed by atoms with van der Waals surface area (Å²) in [4.78, 5) is 23.2. The monoisotopic (exact) mass is 272 g/mol.